The van der Waals surface area contributed by atoms with Gasteiger partial charge in [0.1, 0.15) is 0 Å². The van der Waals surface area contributed by atoms with E-state index in [2.05, 4.69) is 15.2 Å². The zero-order chi connectivity index (χ0) is 8.55. The fourth-order valence-electron chi connectivity index (χ4n) is 1.07. The maximum Gasteiger partial charge on any atom is 0.271 e. The molecule has 1 amide bonds. The van der Waals surface area contributed by atoms with Gasteiger partial charge in [0.15, 0.2) is 5.69 Å². The Morgan fingerprint density at radius 2 is 2.42 bits per heavy atom. The van der Waals surface area contributed by atoms with E-state index in [0.717, 1.165) is 5.39 Å². The van der Waals surface area contributed by atoms with Crippen LogP contribution in [0.25, 0.3) is 10.9 Å². The van der Waals surface area contributed by atoms with Gasteiger partial charge < -0.3 is 10.7 Å². The van der Waals surface area contributed by atoms with Crippen LogP contribution < -0.4 is 5.73 Å². The van der Waals surface area contributed by atoms with Crippen LogP contribution in [0.4, 0.5) is 0 Å². The molecule has 5 heteroatoms. The Kier molecular flexibility index (Phi) is 1.30. The second kappa shape index (κ2) is 2.30. The highest BCUT2D eigenvalue weighted by molar-refractivity contribution is 6.02. The summed E-state index contributed by atoms with van der Waals surface area (Å²) in [6.07, 6.45) is 3.28. The number of nitrogens with zero attached hydrogens (tertiary/aromatic N) is 2. The number of fused-ring (bicyclic) bond motifs is 1. The summed E-state index contributed by atoms with van der Waals surface area (Å²) in [6.45, 7) is 0. The number of aromatic nitrogens is 3. The van der Waals surface area contributed by atoms with Crippen molar-refractivity contribution in [2.75, 3.05) is 0 Å². The molecule has 0 aliphatic rings. The zero-order valence-corrected chi connectivity index (χ0v) is 6.11. The molecule has 0 bridgehead atoms. The Labute approximate surface area is 67.6 Å². The van der Waals surface area contributed by atoms with Crippen LogP contribution in [0.1, 0.15) is 10.5 Å². The highest BCUT2D eigenvalue weighted by Gasteiger charge is 2.08. The van der Waals surface area contributed by atoms with E-state index < -0.39 is 5.91 Å². The van der Waals surface area contributed by atoms with Gasteiger partial charge in [-0.25, -0.2) is 0 Å². The van der Waals surface area contributed by atoms with E-state index in [4.69, 9.17) is 5.73 Å². The molecule has 60 valence electrons. The van der Waals surface area contributed by atoms with Gasteiger partial charge in [-0.2, -0.15) is 5.10 Å². The molecule has 0 saturated heterocycles. The van der Waals surface area contributed by atoms with Crippen LogP contribution in [-0.2, 0) is 0 Å². The third-order valence-corrected chi connectivity index (χ3v) is 1.60. The molecule has 0 aliphatic heterocycles. The lowest BCUT2D eigenvalue weighted by Gasteiger charge is -1.93. The quantitative estimate of drug-likeness (QED) is 0.621. The number of hydrogen-bond acceptors (Lipinski definition) is 3. The van der Waals surface area contributed by atoms with Crippen molar-refractivity contribution >= 4 is 16.8 Å². The maximum atomic E-state index is 10.8. The number of aromatic amines is 1. The lowest BCUT2D eigenvalue weighted by Crippen LogP contribution is -2.14. The fraction of sp³-hybridized carbons (Fsp3) is 0. The van der Waals surface area contributed by atoms with Gasteiger partial charge in [0.05, 0.1) is 11.7 Å². The molecule has 0 unspecified atom stereocenters. The number of rotatable bonds is 1. The Hall–Kier alpha value is -1.91. The molecule has 2 rings (SSSR count). The molecule has 5 nitrogen and oxygen atoms in total. The van der Waals surface area contributed by atoms with Crippen molar-refractivity contribution in [2.45, 2.75) is 0 Å². The largest absolute Gasteiger partial charge is 0.364 e. The van der Waals surface area contributed by atoms with Crippen LogP contribution in [0.2, 0.25) is 0 Å². The highest BCUT2D eigenvalue weighted by Crippen LogP contribution is 2.11. The Morgan fingerprint density at radius 3 is 3.17 bits per heavy atom. The van der Waals surface area contributed by atoms with Gasteiger partial charge in [-0.3, -0.25) is 4.79 Å². The number of nitrogens with two attached hydrogens (primary N) is 1. The number of amides is 1. The molecule has 3 N–H and O–H groups in total. The molecule has 0 spiro atoms. The molecule has 0 fully saturated rings. The Balaban J connectivity index is 2.82. The van der Waals surface area contributed by atoms with Crippen LogP contribution >= 0.6 is 0 Å². The summed E-state index contributed by atoms with van der Waals surface area (Å²) in [5.41, 5.74) is 5.89. The van der Waals surface area contributed by atoms with E-state index in [0.29, 0.717) is 5.52 Å². The number of H-pyrrole nitrogens is 1. The first-order valence-electron chi connectivity index (χ1n) is 3.37. The number of primary amides is 1. The summed E-state index contributed by atoms with van der Waals surface area (Å²) in [4.78, 5) is 13.7. The number of nitrogens with one attached hydrogen (secondary N) is 1. The zero-order valence-electron chi connectivity index (χ0n) is 6.11. The lowest BCUT2D eigenvalue weighted by atomic mass is 10.3. The molecule has 0 radical (unpaired) electrons. The first-order valence-corrected chi connectivity index (χ1v) is 3.37. The minimum absolute atomic E-state index is 0.178. The monoisotopic (exact) mass is 162 g/mol. The standard InChI is InChI=1S/C7H6N4O/c8-7(12)6-5-4(1-2-9-5)3-10-11-6/h1-3,9H,(H2,8,12). The molecule has 0 atom stereocenters. The minimum Gasteiger partial charge on any atom is -0.364 e. The number of carbonyl (C=O) groups is 1. The van der Waals surface area contributed by atoms with Crippen molar-refractivity contribution in [1.29, 1.82) is 0 Å². The van der Waals surface area contributed by atoms with Gasteiger partial charge in [0.25, 0.3) is 5.91 Å². The summed E-state index contributed by atoms with van der Waals surface area (Å²) in [7, 11) is 0. The first-order chi connectivity index (χ1) is 5.79. The first kappa shape index (κ1) is 6.78. The highest BCUT2D eigenvalue weighted by atomic mass is 16.1. The molecule has 0 saturated carbocycles. The van der Waals surface area contributed by atoms with E-state index in [1.165, 1.54) is 0 Å². The van der Waals surface area contributed by atoms with Crippen molar-refractivity contribution in [1.82, 2.24) is 15.2 Å². The topological polar surface area (TPSA) is 84.7 Å². The second-order valence-corrected chi connectivity index (χ2v) is 2.37. The summed E-state index contributed by atoms with van der Waals surface area (Å²) in [5.74, 6) is -0.574. The minimum atomic E-state index is -0.574. The summed E-state index contributed by atoms with van der Waals surface area (Å²) < 4.78 is 0. The van der Waals surface area contributed by atoms with E-state index in [1.54, 1.807) is 18.5 Å². The van der Waals surface area contributed by atoms with Crippen molar-refractivity contribution in [3.8, 4) is 0 Å². The van der Waals surface area contributed by atoms with E-state index >= 15 is 0 Å². The summed E-state index contributed by atoms with van der Waals surface area (Å²) in [6, 6.07) is 1.80. The molecule has 12 heavy (non-hydrogen) atoms. The van der Waals surface area contributed by atoms with Crippen LogP contribution in [0, 0.1) is 0 Å². The smallest absolute Gasteiger partial charge is 0.271 e. The molecule has 2 heterocycles. The normalized spacial score (nSPS) is 10.3. The van der Waals surface area contributed by atoms with Crippen LogP contribution in [-0.4, -0.2) is 21.1 Å². The van der Waals surface area contributed by atoms with Gasteiger partial charge in [0, 0.05) is 11.6 Å². The van der Waals surface area contributed by atoms with Crippen LogP contribution in [0.3, 0.4) is 0 Å². The third kappa shape index (κ3) is 0.833. The van der Waals surface area contributed by atoms with Crippen molar-refractivity contribution in [2.24, 2.45) is 5.73 Å². The molecule has 0 aliphatic carbocycles. The van der Waals surface area contributed by atoms with Gasteiger partial charge >= 0.3 is 0 Å². The average Bonchev–Trinajstić information content (AvgIpc) is 2.49. The third-order valence-electron chi connectivity index (χ3n) is 1.60. The SMILES string of the molecule is NC(=O)c1nncc2cc[nH]c12. The van der Waals surface area contributed by atoms with Crippen molar-refractivity contribution in [3.05, 3.63) is 24.2 Å². The van der Waals surface area contributed by atoms with Crippen molar-refractivity contribution < 1.29 is 4.79 Å². The van der Waals surface area contributed by atoms with E-state index in [1.807, 2.05) is 0 Å². The second-order valence-electron chi connectivity index (χ2n) is 2.37. The van der Waals surface area contributed by atoms with Crippen molar-refractivity contribution in [3.63, 3.8) is 0 Å². The molecule has 2 aromatic rings. The Bertz CT molecular complexity index is 434. The van der Waals surface area contributed by atoms with Crippen LogP contribution in [0.15, 0.2) is 18.5 Å². The van der Waals surface area contributed by atoms with Crippen LogP contribution in [0.5, 0.6) is 0 Å². The molecular weight excluding hydrogens is 156 g/mol. The maximum absolute atomic E-state index is 10.8. The van der Waals surface area contributed by atoms with Gasteiger partial charge in [-0.05, 0) is 6.07 Å². The number of hydrogen-bond donors (Lipinski definition) is 2. The Morgan fingerprint density at radius 1 is 1.58 bits per heavy atom. The summed E-state index contributed by atoms with van der Waals surface area (Å²) in [5, 5.41) is 8.09. The lowest BCUT2D eigenvalue weighted by molar-refractivity contribution is 0.0996. The van der Waals surface area contributed by atoms with Gasteiger partial charge in [-0.1, -0.05) is 0 Å². The average molecular weight is 162 g/mol. The predicted octanol–water partition coefficient (Wildman–Crippen LogP) is 0.0568. The molecular formula is C7H6N4O. The van der Waals surface area contributed by atoms with Gasteiger partial charge in [0.2, 0.25) is 0 Å². The summed E-state index contributed by atoms with van der Waals surface area (Å²) >= 11 is 0. The predicted molar refractivity (Wildman–Crippen MR) is 42.4 cm³/mol. The van der Waals surface area contributed by atoms with E-state index in [9.17, 15) is 4.79 Å². The van der Waals surface area contributed by atoms with Gasteiger partial charge in [-0.15, -0.1) is 5.10 Å². The molecule has 2 aromatic heterocycles. The number of carbonyl (C=O) groups excluding carboxylic acids is 1. The fourth-order valence-corrected chi connectivity index (χ4v) is 1.07. The van der Waals surface area contributed by atoms with E-state index in [-0.39, 0.29) is 5.69 Å². The molecule has 0 aromatic carbocycles.